The fraction of sp³-hybridized carbons (Fsp3) is 0.500. The van der Waals surface area contributed by atoms with Crippen molar-refractivity contribution in [2.45, 2.75) is 20.3 Å². The first-order valence-corrected chi connectivity index (χ1v) is 2.84. The molecule has 9 heavy (non-hydrogen) atoms. The number of rotatable bonds is 2. The molecule has 0 atom stereocenters. The van der Waals surface area contributed by atoms with Crippen LogP contribution in [0.15, 0.2) is 10.7 Å². The van der Waals surface area contributed by atoms with Crippen LogP contribution in [0, 0.1) is 5.92 Å². The molecule has 49 valence electrons. The van der Waals surface area contributed by atoms with Gasteiger partial charge in [-0.2, -0.15) is 0 Å². The van der Waals surface area contributed by atoms with Gasteiger partial charge in [0, 0.05) is 11.7 Å². The van der Waals surface area contributed by atoms with E-state index in [-0.39, 0.29) is 0 Å². The van der Waals surface area contributed by atoms with Gasteiger partial charge in [0.15, 0.2) is 5.76 Å². The Morgan fingerprint density at radius 1 is 1.67 bits per heavy atom. The first-order valence-electron chi connectivity index (χ1n) is 2.84. The van der Waals surface area contributed by atoms with Gasteiger partial charge in [-0.3, -0.25) is 0 Å². The third-order valence-corrected chi connectivity index (χ3v) is 0.935. The maximum absolute atomic E-state index is 4.76. The Labute approximate surface area is 54.0 Å². The van der Waals surface area contributed by atoms with Crippen LogP contribution >= 0.6 is 0 Å². The zero-order valence-corrected chi connectivity index (χ0v) is 5.59. The molecular weight excluding hydrogens is 116 g/mol. The van der Waals surface area contributed by atoms with Crippen molar-refractivity contribution in [3.8, 4) is 0 Å². The Balaban J connectivity index is 2.48. The summed E-state index contributed by atoms with van der Waals surface area (Å²) in [6.07, 6.45) is 2.47. The van der Waals surface area contributed by atoms with Crippen molar-refractivity contribution in [3.05, 3.63) is 17.9 Å². The van der Waals surface area contributed by atoms with Crippen LogP contribution in [-0.2, 0) is 6.42 Å². The number of hydrogen-bond donors (Lipinski definition) is 0. The zero-order valence-electron chi connectivity index (χ0n) is 5.59. The van der Waals surface area contributed by atoms with Gasteiger partial charge in [0.05, 0.1) is 6.20 Å². The molecule has 3 heteroatoms. The van der Waals surface area contributed by atoms with Gasteiger partial charge >= 0.3 is 0 Å². The summed E-state index contributed by atoms with van der Waals surface area (Å²) in [6.45, 7) is 4.09. The Morgan fingerprint density at radius 2 is 2.44 bits per heavy atom. The normalized spacial score (nSPS) is 10.6. The van der Waals surface area contributed by atoms with Crippen LogP contribution in [0.1, 0.15) is 19.6 Å². The molecule has 1 radical (unpaired) electrons. The van der Waals surface area contributed by atoms with Crippen LogP contribution in [0.4, 0.5) is 0 Å². The quantitative estimate of drug-likeness (QED) is 0.596. The van der Waals surface area contributed by atoms with E-state index in [9.17, 15) is 0 Å². The molecule has 0 aromatic carbocycles. The first kappa shape index (κ1) is 6.26. The van der Waals surface area contributed by atoms with Gasteiger partial charge in [0.25, 0.3) is 0 Å². The van der Waals surface area contributed by atoms with E-state index in [1.54, 1.807) is 6.20 Å². The van der Waals surface area contributed by atoms with Crippen molar-refractivity contribution in [1.82, 2.24) is 10.4 Å². The van der Waals surface area contributed by atoms with E-state index in [0.717, 1.165) is 12.2 Å². The summed E-state index contributed by atoms with van der Waals surface area (Å²) in [6, 6.07) is 0. The smallest absolute Gasteiger partial charge is 0.157 e. The predicted octanol–water partition coefficient (Wildman–Crippen LogP) is 1.23. The molecule has 0 fully saturated rings. The Morgan fingerprint density at radius 3 is 2.89 bits per heavy atom. The molecule has 0 saturated carbocycles. The Hall–Kier alpha value is -0.860. The van der Waals surface area contributed by atoms with Crippen molar-refractivity contribution in [1.29, 1.82) is 0 Å². The standard InChI is InChI=1S/C6H9N2O/c1-5(2)3-6-4-7-8-9-6/h4H,3H2,1-2H3. The van der Waals surface area contributed by atoms with Crippen molar-refractivity contribution >= 4 is 0 Å². The molecule has 0 aliphatic rings. The highest BCUT2D eigenvalue weighted by atomic mass is 16.5. The van der Waals surface area contributed by atoms with Crippen molar-refractivity contribution in [2.75, 3.05) is 0 Å². The lowest BCUT2D eigenvalue weighted by Crippen LogP contribution is -1.88. The molecule has 0 aliphatic heterocycles. The van der Waals surface area contributed by atoms with Crippen molar-refractivity contribution in [3.63, 3.8) is 0 Å². The second-order valence-corrected chi connectivity index (χ2v) is 2.27. The van der Waals surface area contributed by atoms with E-state index < -0.39 is 0 Å². The van der Waals surface area contributed by atoms with Gasteiger partial charge in [-0.05, 0) is 5.92 Å². The van der Waals surface area contributed by atoms with E-state index in [0.29, 0.717) is 0 Å². The maximum atomic E-state index is 4.76. The molecular formula is C6H9N2O. The molecule has 1 rings (SSSR count). The molecule has 0 amide bonds. The fourth-order valence-corrected chi connectivity index (χ4v) is 0.614. The molecule has 0 spiro atoms. The summed E-state index contributed by atoms with van der Waals surface area (Å²) >= 11 is 0. The summed E-state index contributed by atoms with van der Waals surface area (Å²) in [5.74, 6) is 2.13. The Bertz CT molecular complexity index is 158. The molecule has 0 aliphatic carbocycles. The summed E-state index contributed by atoms with van der Waals surface area (Å²) < 4.78 is 4.76. The molecule has 1 aromatic heterocycles. The van der Waals surface area contributed by atoms with E-state index in [1.165, 1.54) is 5.92 Å². The molecule has 0 bridgehead atoms. The van der Waals surface area contributed by atoms with E-state index in [2.05, 4.69) is 10.4 Å². The minimum Gasteiger partial charge on any atom is -0.342 e. The van der Waals surface area contributed by atoms with E-state index in [4.69, 9.17) is 4.52 Å². The van der Waals surface area contributed by atoms with Crippen LogP contribution in [-0.4, -0.2) is 10.4 Å². The third-order valence-electron chi connectivity index (χ3n) is 0.935. The van der Waals surface area contributed by atoms with Gasteiger partial charge in [-0.25, -0.2) is 0 Å². The molecule has 3 nitrogen and oxygen atoms in total. The molecule has 0 unspecified atom stereocenters. The monoisotopic (exact) mass is 125 g/mol. The average molecular weight is 125 g/mol. The SMILES string of the molecule is C[C](C)Cc1cnno1. The number of hydrogen-bond acceptors (Lipinski definition) is 3. The molecule has 0 saturated heterocycles. The second kappa shape index (κ2) is 2.62. The van der Waals surface area contributed by atoms with Gasteiger partial charge in [0.1, 0.15) is 0 Å². The summed E-state index contributed by atoms with van der Waals surface area (Å²) in [5, 5.41) is 6.88. The Kier molecular flexibility index (Phi) is 1.82. The average Bonchev–Trinajstić information content (AvgIpc) is 2.15. The van der Waals surface area contributed by atoms with Gasteiger partial charge in [0.2, 0.25) is 0 Å². The fourth-order valence-electron chi connectivity index (χ4n) is 0.614. The minimum atomic E-state index is 0.829. The van der Waals surface area contributed by atoms with Gasteiger partial charge < -0.3 is 4.52 Å². The van der Waals surface area contributed by atoms with Crippen LogP contribution in [0.2, 0.25) is 0 Å². The second-order valence-electron chi connectivity index (χ2n) is 2.27. The lowest BCUT2D eigenvalue weighted by atomic mass is 10.1. The van der Waals surface area contributed by atoms with Gasteiger partial charge in [-0.15, -0.1) is 5.10 Å². The largest absolute Gasteiger partial charge is 0.342 e. The summed E-state index contributed by atoms with van der Waals surface area (Å²) in [5.41, 5.74) is 0. The number of aromatic nitrogens is 2. The minimum absolute atomic E-state index is 0.829. The highest BCUT2D eigenvalue weighted by molar-refractivity contribution is 4.96. The summed E-state index contributed by atoms with van der Waals surface area (Å²) in [4.78, 5) is 0. The third kappa shape index (κ3) is 1.83. The van der Waals surface area contributed by atoms with Crippen molar-refractivity contribution < 1.29 is 4.52 Å². The lowest BCUT2D eigenvalue weighted by molar-refractivity contribution is 0.363. The van der Waals surface area contributed by atoms with Crippen LogP contribution in [0.5, 0.6) is 0 Å². The zero-order chi connectivity index (χ0) is 6.69. The van der Waals surface area contributed by atoms with Gasteiger partial charge in [-0.1, -0.05) is 13.8 Å². The molecule has 1 heterocycles. The van der Waals surface area contributed by atoms with Crippen LogP contribution < -0.4 is 0 Å². The summed E-state index contributed by atoms with van der Waals surface area (Å²) in [7, 11) is 0. The van der Waals surface area contributed by atoms with E-state index >= 15 is 0 Å². The van der Waals surface area contributed by atoms with Crippen LogP contribution in [0.3, 0.4) is 0 Å². The maximum Gasteiger partial charge on any atom is 0.157 e. The first-order chi connectivity index (χ1) is 4.29. The lowest BCUT2D eigenvalue weighted by Gasteiger charge is -1.95. The predicted molar refractivity (Wildman–Crippen MR) is 32.6 cm³/mol. The van der Waals surface area contributed by atoms with Crippen LogP contribution in [0.25, 0.3) is 0 Å². The van der Waals surface area contributed by atoms with Crippen molar-refractivity contribution in [2.24, 2.45) is 0 Å². The van der Waals surface area contributed by atoms with E-state index in [1.807, 2.05) is 13.8 Å². The molecule has 0 N–H and O–H groups in total. The number of nitrogens with zero attached hydrogens (tertiary/aromatic N) is 2. The highest BCUT2D eigenvalue weighted by Crippen LogP contribution is 2.05. The topological polar surface area (TPSA) is 38.9 Å². The molecule has 1 aromatic rings. The highest BCUT2D eigenvalue weighted by Gasteiger charge is 2.00.